The third-order valence-electron chi connectivity index (χ3n) is 6.87. The Morgan fingerprint density at radius 1 is 0.850 bits per heavy atom. The van der Waals surface area contributed by atoms with Crippen LogP contribution in [0.4, 0.5) is 0 Å². The largest absolute Gasteiger partial charge is 0.497 e. The third-order valence-corrected chi connectivity index (χ3v) is 6.87. The first-order valence-corrected chi connectivity index (χ1v) is 13.5. The Balaban J connectivity index is 2.34. The number of carbonyl (C=O) groups is 4. The summed E-state index contributed by atoms with van der Waals surface area (Å²) in [5.74, 6) is -2.75. The predicted octanol–water partition coefficient (Wildman–Crippen LogP) is 2.78. The summed E-state index contributed by atoms with van der Waals surface area (Å²) in [6, 6.07) is 5.41. The minimum Gasteiger partial charge on any atom is -0.497 e. The SMILES string of the molecule is CCOC(=O)C1=C(NC2CCCCC2)C(C(=O)OC)=C(C(=O)OC)N(Cc2ccc(OC)cc2)C1C(=O)OCC. The molecule has 1 heterocycles. The van der Waals surface area contributed by atoms with Crippen molar-refractivity contribution in [2.75, 3.05) is 34.5 Å². The average molecular weight is 559 g/mol. The van der Waals surface area contributed by atoms with Gasteiger partial charge in [-0.15, -0.1) is 0 Å². The van der Waals surface area contributed by atoms with Crippen LogP contribution in [0.5, 0.6) is 5.75 Å². The topological polar surface area (TPSA) is 130 Å². The van der Waals surface area contributed by atoms with E-state index in [9.17, 15) is 19.2 Å². The molecule has 1 aromatic carbocycles. The van der Waals surface area contributed by atoms with Gasteiger partial charge in [0.05, 0.1) is 45.8 Å². The van der Waals surface area contributed by atoms with Gasteiger partial charge >= 0.3 is 23.9 Å². The van der Waals surface area contributed by atoms with Gasteiger partial charge in [0, 0.05) is 12.6 Å². The first-order valence-electron chi connectivity index (χ1n) is 13.5. The van der Waals surface area contributed by atoms with Crippen molar-refractivity contribution in [3.63, 3.8) is 0 Å². The second-order valence-electron chi connectivity index (χ2n) is 9.33. The van der Waals surface area contributed by atoms with E-state index in [1.54, 1.807) is 38.1 Å². The summed E-state index contributed by atoms with van der Waals surface area (Å²) in [4.78, 5) is 55.3. The summed E-state index contributed by atoms with van der Waals surface area (Å²) in [7, 11) is 3.89. The Labute approximate surface area is 234 Å². The van der Waals surface area contributed by atoms with Gasteiger partial charge < -0.3 is 33.9 Å². The van der Waals surface area contributed by atoms with Gasteiger partial charge in [0.1, 0.15) is 17.0 Å². The Morgan fingerprint density at radius 2 is 1.48 bits per heavy atom. The van der Waals surface area contributed by atoms with Gasteiger partial charge in [0.2, 0.25) is 0 Å². The van der Waals surface area contributed by atoms with Gasteiger partial charge in [0.15, 0.2) is 6.04 Å². The molecule has 0 aromatic heterocycles. The number of benzene rings is 1. The van der Waals surface area contributed by atoms with E-state index in [-0.39, 0.29) is 48.3 Å². The molecule has 2 aliphatic rings. The maximum atomic E-state index is 13.6. The highest BCUT2D eigenvalue weighted by Crippen LogP contribution is 2.37. The second-order valence-corrected chi connectivity index (χ2v) is 9.33. The van der Waals surface area contributed by atoms with E-state index < -0.39 is 29.9 Å². The highest BCUT2D eigenvalue weighted by Gasteiger charge is 2.48. The van der Waals surface area contributed by atoms with Crippen molar-refractivity contribution < 1.29 is 42.9 Å². The molecule has 11 heteroatoms. The number of nitrogens with zero attached hydrogens (tertiary/aromatic N) is 1. The zero-order valence-corrected chi connectivity index (χ0v) is 23.7. The minimum absolute atomic E-state index is 0.0154. The molecule has 1 aliphatic carbocycles. The second kappa shape index (κ2) is 14.4. The number of ether oxygens (including phenoxy) is 5. The normalized spacial score (nSPS) is 17.7. The van der Waals surface area contributed by atoms with Crippen LogP contribution < -0.4 is 10.1 Å². The van der Waals surface area contributed by atoms with Crippen LogP contribution in [0.1, 0.15) is 51.5 Å². The Bertz CT molecular complexity index is 1150. The number of nitrogens with one attached hydrogen (secondary N) is 1. The molecule has 0 saturated heterocycles. The van der Waals surface area contributed by atoms with Crippen molar-refractivity contribution in [1.82, 2.24) is 10.2 Å². The minimum atomic E-state index is -1.42. The van der Waals surface area contributed by atoms with Crippen LogP contribution in [-0.2, 0) is 44.7 Å². The van der Waals surface area contributed by atoms with Crippen LogP contribution in [0.25, 0.3) is 0 Å². The number of hydrogen-bond donors (Lipinski definition) is 1. The van der Waals surface area contributed by atoms with Crippen molar-refractivity contribution in [1.29, 1.82) is 0 Å². The predicted molar refractivity (Wildman–Crippen MR) is 144 cm³/mol. The molecule has 0 amide bonds. The maximum absolute atomic E-state index is 13.6. The molecular weight excluding hydrogens is 520 g/mol. The van der Waals surface area contributed by atoms with E-state index in [0.717, 1.165) is 32.1 Å². The van der Waals surface area contributed by atoms with Gasteiger partial charge in [-0.3, -0.25) is 0 Å². The number of rotatable bonds is 11. The summed E-state index contributed by atoms with van der Waals surface area (Å²) in [6.45, 7) is 3.27. The van der Waals surface area contributed by atoms with Crippen LogP contribution in [-0.4, -0.2) is 75.4 Å². The number of esters is 4. The summed E-state index contributed by atoms with van der Waals surface area (Å²) in [5, 5.41) is 3.31. The Morgan fingerprint density at radius 3 is 2.02 bits per heavy atom. The highest BCUT2D eigenvalue weighted by atomic mass is 16.5. The van der Waals surface area contributed by atoms with Crippen molar-refractivity contribution in [3.8, 4) is 5.75 Å². The van der Waals surface area contributed by atoms with Gasteiger partial charge in [0.25, 0.3) is 0 Å². The monoisotopic (exact) mass is 558 g/mol. The summed E-state index contributed by atoms with van der Waals surface area (Å²) in [5.41, 5.74) is 0.105. The van der Waals surface area contributed by atoms with Gasteiger partial charge in [-0.05, 0) is 44.4 Å². The van der Waals surface area contributed by atoms with Crippen LogP contribution in [0, 0.1) is 0 Å². The standard InChI is InChI=1S/C29H38N2O9/c1-6-39-27(33)22-23(30-19-11-9-8-10-12-19)21(26(32)37-4)24(28(34)38-5)31(25(22)29(35)40-7-2)17-18-13-15-20(36-3)16-14-18/h13-16,19,25,30H,6-12,17H2,1-5H3. The molecular formula is C29H38N2O9. The molecule has 0 radical (unpaired) electrons. The fourth-order valence-electron chi connectivity index (χ4n) is 5.02. The molecule has 218 valence electrons. The molecule has 1 unspecified atom stereocenters. The zero-order valence-electron chi connectivity index (χ0n) is 23.7. The van der Waals surface area contributed by atoms with E-state index >= 15 is 0 Å². The fraction of sp³-hybridized carbons (Fsp3) is 0.517. The number of hydrogen-bond acceptors (Lipinski definition) is 11. The summed E-state index contributed by atoms with van der Waals surface area (Å²) >= 11 is 0. The van der Waals surface area contributed by atoms with Crippen molar-refractivity contribution in [2.24, 2.45) is 0 Å². The molecule has 0 spiro atoms. The zero-order chi connectivity index (χ0) is 29.2. The fourth-order valence-corrected chi connectivity index (χ4v) is 5.02. The van der Waals surface area contributed by atoms with Crippen LogP contribution in [0.2, 0.25) is 0 Å². The smallest absolute Gasteiger partial charge is 0.355 e. The molecule has 11 nitrogen and oxygen atoms in total. The number of methoxy groups -OCH3 is 3. The third kappa shape index (κ3) is 6.75. The van der Waals surface area contributed by atoms with E-state index in [1.165, 1.54) is 26.2 Å². The van der Waals surface area contributed by atoms with Crippen LogP contribution in [0.3, 0.4) is 0 Å². The van der Waals surface area contributed by atoms with E-state index in [2.05, 4.69) is 5.32 Å². The van der Waals surface area contributed by atoms with Gasteiger partial charge in [-0.2, -0.15) is 0 Å². The van der Waals surface area contributed by atoms with Crippen LogP contribution in [0.15, 0.2) is 46.8 Å². The molecule has 1 saturated carbocycles. The molecule has 40 heavy (non-hydrogen) atoms. The van der Waals surface area contributed by atoms with Gasteiger partial charge in [-0.25, -0.2) is 19.2 Å². The summed E-state index contributed by atoms with van der Waals surface area (Å²) in [6.07, 6.45) is 4.52. The Hall–Kier alpha value is -4.02. The lowest BCUT2D eigenvalue weighted by atomic mass is 9.88. The molecule has 1 aliphatic heterocycles. The van der Waals surface area contributed by atoms with Crippen molar-refractivity contribution >= 4 is 23.9 Å². The van der Waals surface area contributed by atoms with Crippen molar-refractivity contribution in [2.45, 2.75) is 64.6 Å². The first-order chi connectivity index (χ1) is 19.3. The van der Waals surface area contributed by atoms with E-state index in [0.29, 0.717) is 11.3 Å². The van der Waals surface area contributed by atoms with E-state index in [1.807, 2.05) is 0 Å². The molecule has 1 fully saturated rings. The lowest BCUT2D eigenvalue weighted by Gasteiger charge is -2.40. The average Bonchev–Trinajstić information content (AvgIpc) is 2.97. The Kier molecular flexibility index (Phi) is 11.0. The molecule has 1 aromatic rings. The molecule has 0 bridgehead atoms. The highest BCUT2D eigenvalue weighted by molar-refractivity contribution is 6.09. The number of carbonyl (C=O) groups excluding carboxylic acids is 4. The molecule has 3 rings (SSSR count). The van der Waals surface area contributed by atoms with Crippen LogP contribution >= 0.6 is 0 Å². The van der Waals surface area contributed by atoms with E-state index in [4.69, 9.17) is 23.7 Å². The lowest BCUT2D eigenvalue weighted by molar-refractivity contribution is -0.153. The van der Waals surface area contributed by atoms with Gasteiger partial charge in [-0.1, -0.05) is 31.4 Å². The quantitative estimate of drug-likeness (QED) is 0.318. The first kappa shape index (κ1) is 30.5. The summed E-state index contributed by atoms with van der Waals surface area (Å²) < 4.78 is 26.2. The van der Waals surface area contributed by atoms with Crippen molar-refractivity contribution in [3.05, 3.63) is 52.4 Å². The molecule has 1 atom stereocenters. The lowest BCUT2D eigenvalue weighted by Crippen LogP contribution is -2.52. The molecule has 1 N–H and O–H groups in total. The maximum Gasteiger partial charge on any atom is 0.355 e.